The second-order valence-electron chi connectivity index (χ2n) is 6.43. The van der Waals surface area contributed by atoms with Gasteiger partial charge in [-0.1, -0.05) is 27.2 Å². The summed E-state index contributed by atoms with van der Waals surface area (Å²) in [7, 11) is 0. The zero-order valence-corrected chi connectivity index (χ0v) is 12.1. The van der Waals surface area contributed by atoms with Crippen LogP contribution in [0.1, 0.15) is 46.5 Å². The highest BCUT2D eigenvalue weighted by atomic mass is 16.5. The van der Waals surface area contributed by atoms with Crippen LogP contribution >= 0.6 is 0 Å². The SMILES string of the molecule is CC(C)C1CC[C@H](C)C[C@@H]1OC(=O)C1CCNC1=O. The maximum Gasteiger partial charge on any atom is 0.318 e. The van der Waals surface area contributed by atoms with Crippen LogP contribution in [0.4, 0.5) is 0 Å². The second kappa shape index (κ2) is 5.93. The van der Waals surface area contributed by atoms with Crippen molar-refractivity contribution in [1.29, 1.82) is 0 Å². The fraction of sp³-hybridized carbons (Fsp3) is 0.867. The molecule has 0 aromatic carbocycles. The van der Waals surface area contributed by atoms with E-state index in [1.54, 1.807) is 0 Å². The predicted molar refractivity (Wildman–Crippen MR) is 72.3 cm³/mol. The number of amides is 1. The largest absolute Gasteiger partial charge is 0.461 e. The van der Waals surface area contributed by atoms with E-state index in [1.165, 1.54) is 6.42 Å². The van der Waals surface area contributed by atoms with E-state index in [0.29, 0.717) is 30.7 Å². The normalized spacial score (nSPS) is 35.3. The Morgan fingerprint density at radius 3 is 2.63 bits per heavy atom. The second-order valence-corrected chi connectivity index (χ2v) is 6.43. The number of esters is 1. The topological polar surface area (TPSA) is 55.4 Å². The molecule has 0 radical (unpaired) electrons. The van der Waals surface area contributed by atoms with Gasteiger partial charge in [-0.05, 0) is 37.0 Å². The Bertz CT molecular complexity index is 353. The molecule has 2 aliphatic rings. The summed E-state index contributed by atoms with van der Waals surface area (Å²) in [6.07, 6.45) is 3.83. The highest BCUT2D eigenvalue weighted by Gasteiger charge is 2.38. The van der Waals surface area contributed by atoms with Gasteiger partial charge in [-0.15, -0.1) is 0 Å². The molecule has 1 N–H and O–H groups in total. The van der Waals surface area contributed by atoms with Gasteiger partial charge in [0, 0.05) is 6.54 Å². The van der Waals surface area contributed by atoms with Crippen molar-refractivity contribution in [2.45, 2.75) is 52.6 Å². The number of ether oxygens (including phenoxy) is 1. The third kappa shape index (κ3) is 3.28. The van der Waals surface area contributed by atoms with Crippen LogP contribution in [0.15, 0.2) is 0 Å². The summed E-state index contributed by atoms with van der Waals surface area (Å²) in [5.41, 5.74) is 0. The number of carbonyl (C=O) groups excluding carboxylic acids is 2. The lowest BCUT2D eigenvalue weighted by Gasteiger charge is -2.37. The van der Waals surface area contributed by atoms with Gasteiger partial charge < -0.3 is 10.1 Å². The third-order valence-corrected chi connectivity index (χ3v) is 4.56. The molecule has 1 aliphatic carbocycles. The zero-order chi connectivity index (χ0) is 14.0. The minimum atomic E-state index is -0.579. The molecule has 0 spiro atoms. The highest BCUT2D eigenvalue weighted by Crippen LogP contribution is 2.35. The fourth-order valence-electron chi connectivity index (χ4n) is 3.30. The van der Waals surface area contributed by atoms with Gasteiger partial charge in [0.2, 0.25) is 5.91 Å². The number of carbonyl (C=O) groups is 2. The molecule has 1 saturated carbocycles. The summed E-state index contributed by atoms with van der Waals surface area (Å²) in [5.74, 6) is 0.484. The molecule has 1 heterocycles. The van der Waals surface area contributed by atoms with Crippen LogP contribution in [0.3, 0.4) is 0 Å². The Morgan fingerprint density at radius 2 is 2.05 bits per heavy atom. The quantitative estimate of drug-likeness (QED) is 0.629. The monoisotopic (exact) mass is 267 g/mol. The first-order chi connectivity index (χ1) is 8.99. The minimum Gasteiger partial charge on any atom is -0.461 e. The van der Waals surface area contributed by atoms with Gasteiger partial charge in [0.1, 0.15) is 12.0 Å². The average Bonchev–Trinajstić information content (AvgIpc) is 2.75. The van der Waals surface area contributed by atoms with E-state index in [9.17, 15) is 9.59 Å². The van der Waals surface area contributed by atoms with Crippen molar-refractivity contribution in [2.24, 2.45) is 23.7 Å². The first-order valence-corrected chi connectivity index (χ1v) is 7.47. The first kappa shape index (κ1) is 14.4. The fourth-order valence-corrected chi connectivity index (χ4v) is 3.30. The van der Waals surface area contributed by atoms with Gasteiger partial charge in [-0.25, -0.2) is 0 Å². The van der Waals surface area contributed by atoms with Crippen LogP contribution in [-0.4, -0.2) is 24.5 Å². The van der Waals surface area contributed by atoms with Crippen molar-refractivity contribution in [3.8, 4) is 0 Å². The summed E-state index contributed by atoms with van der Waals surface area (Å²) in [6.45, 7) is 7.17. The molecule has 0 aromatic heterocycles. The number of nitrogens with one attached hydrogen (secondary N) is 1. The van der Waals surface area contributed by atoms with Crippen LogP contribution in [0.2, 0.25) is 0 Å². The molecule has 19 heavy (non-hydrogen) atoms. The Balaban J connectivity index is 1.98. The lowest BCUT2D eigenvalue weighted by Crippen LogP contribution is -2.38. The van der Waals surface area contributed by atoms with E-state index in [-0.39, 0.29) is 18.0 Å². The number of hydrogen-bond acceptors (Lipinski definition) is 3. The molecule has 4 nitrogen and oxygen atoms in total. The van der Waals surface area contributed by atoms with Crippen LogP contribution in [0.25, 0.3) is 0 Å². The molecule has 1 amide bonds. The zero-order valence-electron chi connectivity index (χ0n) is 12.1. The first-order valence-electron chi connectivity index (χ1n) is 7.47. The molecule has 0 aromatic rings. The Hall–Kier alpha value is -1.06. The molecular formula is C15H25NO3. The summed E-state index contributed by atoms with van der Waals surface area (Å²) in [5, 5.41) is 2.69. The molecular weight excluding hydrogens is 242 g/mol. The van der Waals surface area contributed by atoms with E-state index >= 15 is 0 Å². The maximum atomic E-state index is 12.1. The van der Waals surface area contributed by atoms with Crippen LogP contribution in [0, 0.1) is 23.7 Å². The maximum absolute atomic E-state index is 12.1. The van der Waals surface area contributed by atoms with Gasteiger partial charge in [-0.2, -0.15) is 0 Å². The van der Waals surface area contributed by atoms with Crippen molar-refractivity contribution >= 4 is 11.9 Å². The smallest absolute Gasteiger partial charge is 0.318 e. The third-order valence-electron chi connectivity index (χ3n) is 4.56. The van der Waals surface area contributed by atoms with Crippen LogP contribution in [0.5, 0.6) is 0 Å². The van der Waals surface area contributed by atoms with Crippen molar-refractivity contribution < 1.29 is 14.3 Å². The lowest BCUT2D eigenvalue weighted by atomic mass is 9.75. The van der Waals surface area contributed by atoms with Crippen molar-refractivity contribution in [3.05, 3.63) is 0 Å². The van der Waals surface area contributed by atoms with Gasteiger partial charge in [-0.3, -0.25) is 9.59 Å². The van der Waals surface area contributed by atoms with E-state index in [0.717, 1.165) is 12.8 Å². The molecule has 1 saturated heterocycles. The molecule has 108 valence electrons. The number of rotatable bonds is 3. The van der Waals surface area contributed by atoms with E-state index in [1.807, 2.05) is 0 Å². The van der Waals surface area contributed by atoms with E-state index < -0.39 is 5.92 Å². The van der Waals surface area contributed by atoms with Crippen LogP contribution < -0.4 is 5.32 Å². The average molecular weight is 267 g/mol. The molecule has 2 unspecified atom stereocenters. The standard InChI is InChI=1S/C15H25NO3/c1-9(2)11-5-4-10(3)8-13(11)19-15(18)12-6-7-16-14(12)17/h9-13H,4-8H2,1-3H3,(H,16,17)/t10-,11?,12?,13-/m0/s1. The summed E-state index contributed by atoms with van der Waals surface area (Å²) in [4.78, 5) is 23.6. The minimum absolute atomic E-state index is 0.00958. The highest BCUT2D eigenvalue weighted by molar-refractivity contribution is 5.99. The van der Waals surface area contributed by atoms with Gasteiger partial charge in [0.15, 0.2) is 0 Å². The molecule has 2 rings (SSSR count). The molecule has 0 bridgehead atoms. The molecule has 1 aliphatic heterocycles. The Morgan fingerprint density at radius 1 is 1.32 bits per heavy atom. The molecule has 2 fully saturated rings. The predicted octanol–water partition coefficient (Wildman–Crippen LogP) is 2.13. The summed E-state index contributed by atoms with van der Waals surface area (Å²) < 4.78 is 5.69. The van der Waals surface area contributed by atoms with Crippen molar-refractivity contribution in [3.63, 3.8) is 0 Å². The Kier molecular flexibility index (Phi) is 4.48. The molecule has 4 heteroatoms. The van der Waals surface area contributed by atoms with Crippen molar-refractivity contribution in [2.75, 3.05) is 6.54 Å². The summed E-state index contributed by atoms with van der Waals surface area (Å²) in [6, 6.07) is 0. The van der Waals surface area contributed by atoms with E-state index in [2.05, 4.69) is 26.1 Å². The van der Waals surface area contributed by atoms with Crippen molar-refractivity contribution in [1.82, 2.24) is 5.32 Å². The van der Waals surface area contributed by atoms with Gasteiger partial charge in [0.25, 0.3) is 0 Å². The van der Waals surface area contributed by atoms with Gasteiger partial charge >= 0.3 is 5.97 Å². The molecule has 4 atom stereocenters. The lowest BCUT2D eigenvalue weighted by molar-refractivity contribution is -0.162. The van der Waals surface area contributed by atoms with E-state index in [4.69, 9.17) is 4.74 Å². The summed E-state index contributed by atoms with van der Waals surface area (Å²) >= 11 is 0. The van der Waals surface area contributed by atoms with Gasteiger partial charge in [0.05, 0.1) is 0 Å². The Labute approximate surface area is 115 Å². The number of hydrogen-bond donors (Lipinski definition) is 1. The van der Waals surface area contributed by atoms with Crippen LogP contribution in [-0.2, 0) is 14.3 Å².